The third-order valence-corrected chi connectivity index (χ3v) is 4.41. The summed E-state index contributed by atoms with van der Waals surface area (Å²) in [4.78, 5) is 16.7. The van der Waals surface area contributed by atoms with E-state index >= 15 is 0 Å². The van der Waals surface area contributed by atoms with Crippen LogP contribution in [0.15, 0.2) is 0 Å². The van der Waals surface area contributed by atoms with Gasteiger partial charge in [0, 0.05) is 32.1 Å². The van der Waals surface area contributed by atoms with Gasteiger partial charge in [0.2, 0.25) is 5.91 Å². The Morgan fingerprint density at radius 3 is 2.78 bits per heavy atom. The molecule has 1 amide bonds. The number of fused-ring (bicyclic) bond motifs is 1. The van der Waals surface area contributed by atoms with Gasteiger partial charge in [0.25, 0.3) is 0 Å². The molecule has 2 aliphatic heterocycles. The Balaban J connectivity index is 1.63. The molecular weight excluding hydrogens is 228 g/mol. The molecular formula is C14H24N2O2. The van der Waals surface area contributed by atoms with Crippen LogP contribution in [0.2, 0.25) is 0 Å². The number of amides is 1. The number of hydrogen-bond donors (Lipinski definition) is 0. The summed E-state index contributed by atoms with van der Waals surface area (Å²) in [5, 5.41) is 0. The summed E-state index contributed by atoms with van der Waals surface area (Å²) < 4.78 is 5.86. The molecule has 0 N–H and O–H groups in total. The number of carbonyl (C=O) groups excluding carboxylic acids is 1. The summed E-state index contributed by atoms with van der Waals surface area (Å²) in [5.74, 6) is 1.29. The van der Waals surface area contributed by atoms with Crippen LogP contribution in [0.3, 0.4) is 0 Å². The highest BCUT2D eigenvalue weighted by Gasteiger charge is 2.43. The van der Waals surface area contributed by atoms with Crippen LogP contribution in [0, 0.1) is 11.8 Å². The van der Waals surface area contributed by atoms with E-state index in [1.165, 1.54) is 19.4 Å². The van der Waals surface area contributed by atoms with E-state index in [-0.39, 0.29) is 17.9 Å². The van der Waals surface area contributed by atoms with E-state index < -0.39 is 0 Å². The first kappa shape index (κ1) is 12.4. The monoisotopic (exact) mass is 252 g/mol. The smallest absolute Gasteiger partial charge is 0.225 e. The largest absolute Gasteiger partial charge is 0.373 e. The first-order valence-electron chi connectivity index (χ1n) is 7.29. The minimum Gasteiger partial charge on any atom is -0.373 e. The van der Waals surface area contributed by atoms with E-state index in [9.17, 15) is 4.79 Å². The van der Waals surface area contributed by atoms with Crippen LogP contribution in [-0.4, -0.2) is 60.6 Å². The second-order valence-corrected chi connectivity index (χ2v) is 6.31. The fraction of sp³-hybridized carbons (Fsp3) is 0.929. The molecule has 2 heterocycles. The summed E-state index contributed by atoms with van der Waals surface area (Å²) in [6.45, 7) is 8.71. The summed E-state index contributed by atoms with van der Waals surface area (Å²) in [7, 11) is 0. The maximum absolute atomic E-state index is 12.1. The van der Waals surface area contributed by atoms with Gasteiger partial charge in [-0.25, -0.2) is 0 Å². The van der Waals surface area contributed by atoms with Gasteiger partial charge in [0.15, 0.2) is 0 Å². The molecule has 2 saturated heterocycles. The van der Waals surface area contributed by atoms with E-state index in [1.54, 1.807) is 0 Å². The molecule has 3 rings (SSSR count). The predicted molar refractivity (Wildman–Crippen MR) is 69.2 cm³/mol. The molecule has 0 radical (unpaired) electrons. The Kier molecular flexibility index (Phi) is 3.32. The van der Waals surface area contributed by atoms with Crippen LogP contribution in [0.4, 0.5) is 0 Å². The van der Waals surface area contributed by atoms with Crippen molar-refractivity contribution in [2.75, 3.05) is 32.8 Å². The second-order valence-electron chi connectivity index (χ2n) is 6.31. The van der Waals surface area contributed by atoms with Gasteiger partial charge < -0.3 is 9.64 Å². The van der Waals surface area contributed by atoms with Crippen LogP contribution in [-0.2, 0) is 9.53 Å². The molecule has 0 unspecified atom stereocenters. The van der Waals surface area contributed by atoms with Crippen molar-refractivity contribution in [1.82, 2.24) is 9.80 Å². The topological polar surface area (TPSA) is 32.8 Å². The molecule has 3 fully saturated rings. The third kappa shape index (κ3) is 2.41. The van der Waals surface area contributed by atoms with Crippen molar-refractivity contribution in [2.45, 2.75) is 38.8 Å². The maximum atomic E-state index is 12.1. The van der Waals surface area contributed by atoms with Gasteiger partial charge in [-0.2, -0.15) is 0 Å². The van der Waals surface area contributed by atoms with E-state index in [4.69, 9.17) is 4.74 Å². The lowest BCUT2D eigenvalue weighted by atomic mass is 10.1. The highest BCUT2D eigenvalue weighted by atomic mass is 16.5. The van der Waals surface area contributed by atoms with Gasteiger partial charge in [-0.1, -0.05) is 13.8 Å². The Morgan fingerprint density at radius 2 is 2.11 bits per heavy atom. The summed E-state index contributed by atoms with van der Waals surface area (Å²) in [5.41, 5.74) is 0. The van der Waals surface area contributed by atoms with Gasteiger partial charge in [-0.15, -0.1) is 0 Å². The van der Waals surface area contributed by atoms with E-state index in [1.807, 2.05) is 18.7 Å². The summed E-state index contributed by atoms with van der Waals surface area (Å²) >= 11 is 0. The van der Waals surface area contributed by atoms with Crippen molar-refractivity contribution in [2.24, 2.45) is 11.8 Å². The van der Waals surface area contributed by atoms with Crippen molar-refractivity contribution >= 4 is 5.91 Å². The molecule has 0 spiro atoms. The molecule has 0 bridgehead atoms. The van der Waals surface area contributed by atoms with Crippen molar-refractivity contribution < 1.29 is 9.53 Å². The molecule has 0 aromatic rings. The normalized spacial score (nSPS) is 32.9. The van der Waals surface area contributed by atoms with Crippen LogP contribution in [0.25, 0.3) is 0 Å². The Bertz CT molecular complexity index is 328. The fourth-order valence-electron chi connectivity index (χ4n) is 3.16. The van der Waals surface area contributed by atoms with Crippen LogP contribution < -0.4 is 0 Å². The van der Waals surface area contributed by atoms with Crippen LogP contribution >= 0.6 is 0 Å². The average molecular weight is 252 g/mol. The number of ether oxygens (including phenoxy) is 1. The lowest BCUT2D eigenvalue weighted by Gasteiger charge is -2.36. The Hall–Kier alpha value is -0.610. The third-order valence-electron chi connectivity index (χ3n) is 4.41. The highest BCUT2D eigenvalue weighted by molar-refractivity contribution is 5.78. The maximum Gasteiger partial charge on any atom is 0.225 e. The fourth-order valence-corrected chi connectivity index (χ4v) is 3.16. The molecule has 0 aromatic heterocycles. The lowest BCUT2D eigenvalue weighted by molar-refractivity contribution is -0.133. The second kappa shape index (κ2) is 4.82. The quantitative estimate of drug-likeness (QED) is 0.750. The van der Waals surface area contributed by atoms with Crippen molar-refractivity contribution in [3.05, 3.63) is 0 Å². The predicted octanol–water partition coefficient (Wildman–Crippen LogP) is 0.964. The van der Waals surface area contributed by atoms with Gasteiger partial charge in [-0.05, 0) is 18.8 Å². The van der Waals surface area contributed by atoms with E-state index in [2.05, 4.69) is 4.90 Å². The lowest BCUT2D eigenvalue weighted by Crippen LogP contribution is -2.51. The van der Waals surface area contributed by atoms with Gasteiger partial charge in [0.1, 0.15) is 0 Å². The minimum atomic E-state index is 0.0991. The SMILES string of the molecule is CC(C)C(=O)N1C[C@@H]2OCCN(CC3CC3)[C@@H]2C1. The van der Waals surface area contributed by atoms with E-state index in [0.717, 1.165) is 32.2 Å². The van der Waals surface area contributed by atoms with Gasteiger partial charge in [-0.3, -0.25) is 9.69 Å². The first-order valence-corrected chi connectivity index (χ1v) is 7.29. The Labute approximate surface area is 109 Å². The van der Waals surface area contributed by atoms with Crippen LogP contribution in [0.5, 0.6) is 0 Å². The zero-order valence-corrected chi connectivity index (χ0v) is 11.5. The molecule has 102 valence electrons. The number of rotatable bonds is 3. The molecule has 4 heteroatoms. The standard InChI is InChI=1S/C14H24N2O2/c1-10(2)14(17)16-8-12-13(9-16)18-6-5-15(12)7-11-3-4-11/h10-13H,3-9H2,1-2H3/t12-,13+/m1/s1. The minimum absolute atomic E-state index is 0.0991. The highest BCUT2D eigenvalue weighted by Crippen LogP contribution is 2.33. The zero-order chi connectivity index (χ0) is 12.7. The molecule has 0 aromatic carbocycles. The number of hydrogen-bond acceptors (Lipinski definition) is 3. The van der Waals surface area contributed by atoms with Crippen molar-refractivity contribution in [3.8, 4) is 0 Å². The van der Waals surface area contributed by atoms with Gasteiger partial charge >= 0.3 is 0 Å². The van der Waals surface area contributed by atoms with Gasteiger partial charge in [0.05, 0.1) is 18.8 Å². The van der Waals surface area contributed by atoms with Crippen molar-refractivity contribution in [3.63, 3.8) is 0 Å². The first-order chi connectivity index (χ1) is 8.65. The van der Waals surface area contributed by atoms with Crippen LogP contribution in [0.1, 0.15) is 26.7 Å². The summed E-state index contributed by atoms with van der Waals surface area (Å²) in [6, 6.07) is 0.446. The average Bonchev–Trinajstić information content (AvgIpc) is 3.04. The van der Waals surface area contributed by atoms with E-state index in [0.29, 0.717) is 6.04 Å². The number of carbonyl (C=O) groups is 1. The molecule has 1 aliphatic carbocycles. The molecule has 18 heavy (non-hydrogen) atoms. The molecule has 1 saturated carbocycles. The number of morpholine rings is 1. The molecule has 4 nitrogen and oxygen atoms in total. The van der Waals surface area contributed by atoms with Crippen molar-refractivity contribution in [1.29, 1.82) is 0 Å². The number of nitrogens with zero attached hydrogens (tertiary/aromatic N) is 2. The summed E-state index contributed by atoms with van der Waals surface area (Å²) in [6.07, 6.45) is 3.03. The zero-order valence-electron chi connectivity index (χ0n) is 11.5. The number of likely N-dealkylation sites (tertiary alicyclic amines) is 1. The molecule has 2 atom stereocenters. The Morgan fingerprint density at radius 1 is 1.33 bits per heavy atom. The molecule has 3 aliphatic rings.